The fourth-order valence-electron chi connectivity index (χ4n) is 2.61. The summed E-state index contributed by atoms with van der Waals surface area (Å²) in [5, 5.41) is 4.20. The minimum absolute atomic E-state index is 0.236. The Bertz CT molecular complexity index is 818. The van der Waals surface area contributed by atoms with Crippen molar-refractivity contribution in [1.82, 2.24) is 5.32 Å². The van der Waals surface area contributed by atoms with Gasteiger partial charge in [-0.2, -0.15) is 0 Å². The van der Waals surface area contributed by atoms with Gasteiger partial charge in [0, 0.05) is 11.6 Å². The Morgan fingerprint density at radius 2 is 1.58 bits per heavy atom. The van der Waals surface area contributed by atoms with E-state index in [-0.39, 0.29) is 5.82 Å². The summed E-state index contributed by atoms with van der Waals surface area (Å²) >= 11 is 5.90. The van der Waals surface area contributed by atoms with Crippen molar-refractivity contribution in [2.45, 2.75) is 19.6 Å². The SMILES string of the molecule is Fc1ccc(COc2cccc(CNCCc3ccc(Cl)cc3)c2)cc1. The Labute approximate surface area is 158 Å². The maximum absolute atomic E-state index is 12.9. The van der Waals surface area contributed by atoms with Crippen LogP contribution in [0.2, 0.25) is 5.02 Å². The number of ether oxygens (including phenoxy) is 1. The van der Waals surface area contributed by atoms with Crippen molar-refractivity contribution in [3.63, 3.8) is 0 Å². The number of rotatable bonds is 8. The van der Waals surface area contributed by atoms with Crippen molar-refractivity contribution in [2.24, 2.45) is 0 Å². The first-order valence-corrected chi connectivity index (χ1v) is 8.98. The molecule has 0 aliphatic heterocycles. The van der Waals surface area contributed by atoms with Crippen LogP contribution < -0.4 is 10.1 Å². The molecule has 0 unspecified atom stereocenters. The minimum Gasteiger partial charge on any atom is -0.489 e. The zero-order chi connectivity index (χ0) is 18.2. The summed E-state index contributed by atoms with van der Waals surface area (Å²) in [5.41, 5.74) is 3.37. The summed E-state index contributed by atoms with van der Waals surface area (Å²) in [7, 11) is 0. The van der Waals surface area contributed by atoms with Gasteiger partial charge in [0.2, 0.25) is 0 Å². The van der Waals surface area contributed by atoms with Gasteiger partial charge in [-0.05, 0) is 66.1 Å². The lowest BCUT2D eigenvalue weighted by Crippen LogP contribution is -2.16. The molecule has 0 bridgehead atoms. The van der Waals surface area contributed by atoms with Crippen LogP contribution in [0.1, 0.15) is 16.7 Å². The Morgan fingerprint density at radius 3 is 2.35 bits per heavy atom. The molecule has 1 N–H and O–H groups in total. The van der Waals surface area contributed by atoms with Crippen molar-refractivity contribution in [2.75, 3.05) is 6.54 Å². The predicted octanol–water partition coefficient (Wildman–Crippen LogP) is 5.39. The van der Waals surface area contributed by atoms with Crippen molar-refractivity contribution >= 4 is 11.6 Å². The van der Waals surface area contributed by atoms with Gasteiger partial charge >= 0.3 is 0 Å². The Hall–Kier alpha value is -2.36. The summed E-state index contributed by atoms with van der Waals surface area (Å²) in [6, 6.07) is 22.3. The van der Waals surface area contributed by atoms with Crippen LogP contribution in [0, 0.1) is 5.82 Å². The van der Waals surface area contributed by atoms with E-state index in [1.165, 1.54) is 17.7 Å². The van der Waals surface area contributed by atoms with Crippen LogP contribution in [-0.4, -0.2) is 6.54 Å². The molecule has 134 valence electrons. The van der Waals surface area contributed by atoms with Gasteiger partial charge in [0.25, 0.3) is 0 Å². The zero-order valence-electron chi connectivity index (χ0n) is 14.4. The molecule has 0 aliphatic carbocycles. The van der Waals surface area contributed by atoms with Crippen LogP contribution in [0.4, 0.5) is 4.39 Å². The lowest BCUT2D eigenvalue weighted by Gasteiger charge is -2.09. The smallest absolute Gasteiger partial charge is 0.123 e. The van der Waals surface area contributed by atoms with E-state index < -0.39 is 0 Å². The molecular weight excluding hydrogens is 349 g/mol. The zero-order valence-corrected chi connectivity index (χ0v) is 15.2. The molecule has 0 spiro atoms. The van der Waals surface area contributed by atoms with E-state index in [9.17, 15) is 4.39 Å². The molecule has 26 heavy (non-hydrogen) atoms. The lowest BCUT2D eigenvalue weighted by atomic mass is 10.1. The maximum Gasteiger partial charge on any atom is 0.123 e. The van der Waals surface area contributed by atoms with Crippen molar-refractivity contribution in [1.29, 1.82) is 0 Å². The van der Waals surface area contributed by atoms with E-state index in [0.717, 1.165) is 41.4 Å². The first-order chi connectivity index (χ1) is 12.7. The molecule has 0 saturated heterocycles. The van der Waals surface area contributed by atoms with E-state index in [1.807, 2.05) is 42.5 Å². The predicted molar refractivity (Wildman–Crippen MR) is 104 cm³/mol. The lowest BCUT2D eigenvalue weighted by molar-refractivity contribution is 0.305. The van der Waals surface area contributed by atoms with Crippen molar-refractivity contribution < 1.29 is 9.13 Å². The standard InChI is InChI=1S/C22H21ClFNO/c23-20-8-4-17(5-9-20)12-13-25-15-19-2-1-3-22(14-19)26-16-18-6-10-21(24)11-7-18/h1-11,14,25H,12-13,15-16H2. The van der Waals surface area contributed by atoms with Gasteiger partial charge in [-0.1, -0.05) is 48.0 Å². The molecule has 0 amide bonds. The fourth-order valence-corrected chi connectivity index (χ4v) is 2.74. The summed E-state index contributed by atoms with van der Waals surface area (Å²) in [4.78, 5) is 0. The third-order valence-electron chi connectivity index (χ3n) is 4.05. The van der Waals surface area contributed by atoms with Gasteiger partial charge in [-0.3, -0.25) is 0 Å². The minimum atomic E-state index is -0.236. The molecule has 0 saturated carbocycles. The van der Waals surface area contributed by atoms with Gasteiger partial charge in [-0.25, -0.2) is 4.39 Å². The summed E-state index contributed by atoms with van der Waals surface area (Å²) in [5.74, 6) is 0.576. The Kier molecular flexibility index (Phi) is 6.64. The Balaban J connectivity index is 1.44. The number of halogens is 2. The molecule has 0 fully saturated rings. The van der Waals surface area contributed by atoms with E-state index in [1.54, 1.807) is 12.1 Å². The van der Waals surface area contributed by atoms with Gasteiger partial charge in [0.1, 0.15) is 18.2 Å². The van der Waals surface area contributed by atoms with E-state index >= 15 is 0 Å². The van der Waals surface area contributed by atoms with Crippen LogP contribution in [0.25, 0.3) is 0 Å². The molecule has 0 radical (unpaired) electrons. The third kappa shape index (κ3) is 5.87. The number of nitrogens with one attached hydrogen (secondary N) is 1. The van der Waals surface area contributed by atoms with Crippen molar-refractivity contribution in [3.8, 4) is 5.75 Å². The second kappa shape index (κ2) is 9.37. The molecule has 3 rings (SSSR count). The van der Waals surface area contributed by atoms with Crippen LogP contribution in [0.15, 0.2) is 72.8 Å². The molecular formula is C22H21ClFNO. The highest BCUT2D eigenvalue weighted by Gasteiger charge is 2.00. The quantitative estimate of drug-likeness (QED) is 0.537. The van der Waals surface area contributed by atoms with E-state index in [0.29, 0.717) is 6.61 Å². The van der Waals surface area contributed by atoms with Gasteiger partial charge in [0.05, 0.1) is 0 Å². The summed E-state index contributed by atoms with van der Waals surface area (Å²) in [6.07, 6.45) is 0.956. The first kappa shape index (κ1) is 18.4. The Morgan fingerprint density at radius 1 is 0.846 bits per heavy atom. The fraction of sp³-hybridized carbons (Fsp3) is 0.182. The van der Waals surface area contributed by atoms with Crippen LogP contribution in [-0.2, 0) is 19.6 Å². The summed E-state index contributed by atoms with van der Waals surface area (Å²) in [6.45, 7) is 2.09. The normalized spacial score (nSPS) is 10.7. The van der Waals surface area contributed by atoms with Crippen molar-refractivity contribution in [3.05, 3.63) is 100 Å². The molecule has 3 aromatic carbocycles. The molecule has 0 aliphatic rings. The topological polar surface area (TPSA) is 21.3 Å². The summed E-state index contributed by atoms with van der Waals surface area (Å²) < 4.78 is 18.7. The maximum atomic E-state index is 12.9. The highest BCUT2D eigenvalue weighted by molar-refractivity contribution is 6.30. The molecule has 4 heteroatoms. The average Bonchev–Trinajstić information content (AvgIpc) is 2.67. The number of hydrogen-bond donors (Lipinski definition) is 1. The van der Waals surface area contributed by atoms with Gasteiger partial charge in [-0.15, -0.1) is 0 Å². The van der Waals surface area contributed by atoms with Gasteiger partial charge in [0.15, 0.2) is 0 Å². The number of benzene rings is 3. The molecule has 0 atom stereocenters. The first-order valence-electron chi connectivity index (χ1n) is 8.60. The monoisotopic (exact) mass is 369 g/mol. The largest absolute Gasteiger partial charge is 0.489 e. The molecule has 3 aromatic rings. The molecule has 0 heterocycles. The van der Waals surface area contributed by atoms with E-state index in [4.69, 9.17) is 16.3 Å². The molecule has 2 nitrogen and oxygen atoms in total. The van der Waals surface area contributed by atoms with E-state index in [2.05, 4.69) is 11.4 Å². The van der Waals surface area contributed by atoms with Crippen LogP contribution in [0.3, 0.4) is 0 Å². The highest BCUT2D eigenvalue weighted by atomic mass is 35.5. The van der Waals surface area contributed by atoms with Crippen LogP contribution >= 0.6 is 11.6 Å². The second-order valence-electron chi connectivity index (χ2n) is 6.12. The average molecular weight is 370 g/mol. The second-order valence-corrected chi connectivity index (χ2v) is 6.55. The molecule has 0 aromatic heterocycles. The highest BCUT2D eigenvalue weighted by Crippen LogP contribution is 2.16. The number of hydrogen-bond acceptors (Lipinski definition) is 2. The van der Waals surface area contributed by atoms with Crippen LogP contribution in [0.5, 0.6) is 5.75 Å². The third-order valence-corrected chi connectivity index (χ3v) is 4.30. The van der Waals surface area contributed by atoms with Gasteiger partial charge < -0.3 is 10.1 Å².